The number of aliphatic hydroxyl groups excluding tert-OH is 1. The molecule has 4 heteroatoms. The summed E-state index contributed by atoms with van der Waals surface area (Å²) in [7, 11) is 0. The summed E-state index contributed by atoms with van der Waals surface area (Å²) in [5, 5.41) is 19.1. The lowest BCUT2D eigenvalue weighted by Gasteiger charge is -2.33. The Labute approximate surface area is 113 Å². The number of aliphatic hydroxyl groups is 1. The smallest absolute Gasteiger partial charge is 0.312 e. The Morgan fingerprint density at radius 2 is 2.11 bits per heavy atom. The van der Waals surface area contributed by atoms with Gasteiger partial charge in [0, 0.05) is 17.6 Å². The SMILES string of the molecule is Cc1c(O)c(CCCO)cc2c1C(C)(C)CC(=O)O2. The topological polar surface area (TPSA) is 66.8 Å². The molecule has 0 saturated carbocycles. The van der Waals surface area contributed by atoms with Crippen LogP contribution in [0.5, 0.6) is 11.5 Å². The first-order valence-corrected chi connectivity index (χ1v) is 6.54. The van der Waals surface area contributed by atoms with E-state index in [9.17, 15) is 9.90 Å². The van der Waals surface area contributed by atoms with Gasteiger partial charge < -0.3 is 14.9 Å². The molecule has 0 amide bonds. The zero-order chi connectivity index (χ0) is 14.2. The van der Waals surface area contributed by atoms with E-state index in [4.69, 9.17) is 9.84 Å². The number of hydrogen-bond donors (Lipinski definition) is 2. The van der Waals surface area contributed by atoms with Crippen molar-refractivity contribution < 1.29 is 19.7 Å². The van der Waals surface area contributed by atoms with E-state index in [0.29, 0.717) is 25.0 Å². The number of phenols is 1. The van der Waals surface area contributed by atoms with Gasteiger partial charge in [-0.3, -0.25) is 4.79 Å². The molecule has 4 nitrogen and oxygen atoms in total. The molecule has 1 aliphatic rings. The molecular weight excluding hydrogens is 244 g/mol. The van der Waals surface area contributed by atoms with Gasteiger partial charge in [-0.25, -0.2) is 0 Å². The Kier molecular flexibility index (Phi) is 3.54. The van der Waals surface area contributed by atoms with Crippen molar-refractivity contribution in [2.24, 2.45) is 0 Å². The van der Waals surface area contributed by atoms with Crippen molar-refractivity contribution in [2.45, 2.75) is 45.4 Å². The maximum atomic E-state index is 11.6. The standard InChI is InChI=1S/C15H20O4/c1-9-13-11(19-12(17)8-15(13,2)3)7-10(14(9)18)5-4-6-16/h7,16,18H,4-6,8H2,1-3H3. The van der Waals surface area contributed by atoms with Crippen molar-refractivity contribution in [1.82, 2.24) is 0 Å². The second-order valence-electron chi connectivity index (χ2n) is 5.74. The van der Waals surface area contributed by atoms with Crippen LogP contribution in [0.1, 0.15) is 43.4 Å². The van der Waals surface area contributed by atoms with Crippen LogP contribution < -0.4 is 4.74 Å². The molecule has 1 aromatic rings. The minimum atomic E-state index is -0.332. The number of rotatable bonds is 3. The van der Waals surface area contributed by atoms with E-state index in [1.54, 1.807) is 6.07 Å². The Bertz CT molecular complexity index is 517. The predicted molar refractivity (Wildman–Crippen MR) is 71.5 cm³/mol. The van der Waals surface area contributed by atoms with E-state index in [2.05, 4.69) is 0 Å². The van der Waals surface area contributed by atoms with Crippen LogP contribution in [0, 0.1) is 6.92 Å². The maximum absolute atomic E-state index is 11.6. The molecule has 0 atom stereocenters. The zero-order valence-corrected chi connectivity index (χ0v) is 11.6. The van der Waals surface area contributed by atoms with Gasteiger partial charge in [-0.1, -0.05) is 13.8 Å². The van der Waals surface area contributed by atoms with Crippen molar-refractivity contribution in [3.8, 4) is 11.5 Å². The molecule has 0 aliphatic carbocycles. The van der Waals surface area contributed by atoms with Gasteiger partial charge in [-0.05, 0) is 37.0 Å². The average molecular weight is 264 g/mol. The lowest BCUT2D eigenvalue weighted by Crippen LogP contribution is -2.31. The number of carbonyl (C=O) groups excluding carboxylic acids is 1. The van der Waals surface area contributed by atoms with E-state index in [1.165, 1.54) is 0 Å². The van der Waals surface area contributed by atoms with Crippen molar-refractivity contribution >= 4 is 5.97 Å². The molecule has 0 unspecified atom stereocenters. The van der Waals surface area contributed by atoms with Crippen LogP contribution in [0.4, 0.5) is 0 Å². The summed E-state index contributed by atoms with van der Waals surface area (Å²) in [6.07, 6.45) is 1.45. The van der Waals surface area contributed by atoms with E-state index in [-0.39, 0.29) is 23.7 Å². The van der Waals surface area contributed by atoms with E-state index < -0.39 is 0 Å². The zero-order valence-electron chi connectivity index (χ0n) is 11.6. The Hall–Kier alpha value is -1.55. The highest BCUT2D eigenvalue weighted by atomic mass is 16.5. The van der Waals surface area contributed by atoms with Crippen LogP contribution in [-0.2, 0) is 16.6 Å². The van der Waals surface area contributed by atoms with Crippen LogP contribution in [0.2, 0.25) is 0 Å². The summed E-state index contributed by atoms with van der Waals surface area (Å²) in [5.74, 6) is 0.554. The van der Waals surface area contributed by atoms with Gasteiger partial charge in [0.05, 0.1) is 6.42 Å². The fourth-order valence-electron chi connectivity index (χ4n) is 2.83. The second kappa shape index (κ2) is 4.85. The monoisotopic (exact) mass is 264 g/mol. The molecule has 2 rings (SSSR count). The van der Waals surface area contributed by atoms with Gasteiger partial charge in [0.1, 0.15) is 11.5 Å². The highest BCUT2D eigenvalue weighted by molar-refractivity contribution is 5.78. The first-order valence-electron chi connectivity index (χ1n) is 6.54. The minimum Gasteiger partial charge on any atom is -0.507 e. The van der Waals surface area contributed by atoms with E-state index in [1.807, 2.05) is 20.8 Å². The van der Waals surface area contributed by atoms with E-state index in [0.717, 1.165) is 16.7 Å². The highest BCUT2D eigenvalue weighted by Crippen LogP contribution is 2.45. The second-order valence-corrected chi connectivity index (χ2v) is 5.74. The van der Waals surface area contributed by atoms with Gasteiger partial charge in [0.15, 0.2) is 0 Å². The number of phenolic OH excluding ortho intramolecular Hbond substituents is 1. The Morgan fingerprint density at radius 1 is 1.42 bits per heavy atom. The third kappa shape index (κ3) is 2.45. The first kappa shape index (κ1) is 13.9. The number of fused-ring (bicyclic) bond motifs is 1. The number of carbonyl (C=O) groups is 1. The van der Waals surface area contributed by atoms with Crippen LogP contribution >= 0.6 is 0 Å². The summed E-state index contributed by atoms with van der Waals surface area (Å²) >= 11 is 0. The molecule has 0 fully saturated rings. The highest BCUT2D eigenvalue weighted by Gasteiger charge is 2.36. The number of ether oxygens (including phenoxy) is 1. The predicted octanol–water partition coefficient (Wildman–Crippen LogP) is 2.21. The van der Waals surface area contributed by atoms with Gasteiger partial charge >= 0.3 is 5.97 Å². The largest absolute Gasteiger partial charge is 0.507 e. The molecule has 19 heavy (non-hydrogen) atoms. The van der Waals surface area contributed by atoms with Crippen LogP contribution in [-0.4, -0.2) is 22.8 Å². The van der Waals surface area contributed by atoms with Gasteiger partial charge in [0.2, 0.25) is 0 Å². The molecule has 1 aromatic carbocycles. The molecule has 0 radical (unpaired) electrons. The summed E-state index contributed by atoms with van der Waals surface area (Å²) in [4.78, 5) is 11.6. The average Bonchev–Trinajstić information content (AvgIpc) is 2.29. The maximum Gasteiger partial charge on any atom is 0.312 e. The minimum absolute atomic E-state index is 0.0703. The lowest BCUT2D eigenvalue weighted by atomic mass is 9.76. The molecule has 0 spiro atoms. The molecule has 1 heterocycles. The number of benzene rings is 1. The first-order chi connectivity index (χ1) is 8.86. The summed E-state index contributed by atoms with van der Waals surface area (Å²) in [5.41, 5.74) is 2.05. The number of aryl methyl sites for hydroxylation is 1. The van der Waals surface area contributed by atoms with Gasteiger partial charge in [-0.2, -0.15) is 0 Å². The Morgan fingerprint density at radius 3 is 2.74 bits per heavy atom. The Balaban J connectivity index is 2.54. The summed E-state index contributed by atoms with van der Waals surface area (Å²) < 4.78 is 5.31. The van der Waals surface area contributed by atoms with Crippen molar-refractivity contribution in [2.75, 3.05) is 6.61 Å². The summed E-state index contributed by atoms with van der Waals surface area (Å²) in [6.45, 7) is 5.87. The third-order valence-electron chi connectivity index (χ3n) is 3.68. The van der Waals surface area contributed by atoms with Gasteiger partial charge in [-0.15, -0.1) is 0 Å². The third-order valence-corrected chi connectivity index (χ3v) is 3.68. The number of esters is 1. The van der Waals surface area contributed by atoms with Gasteiger partial charge in [0.25, 0.3) is 0 Å². The number of aromatic hydroxyl groups is 1. The fraction of sp³-hybridized carbons (Fsp3) is 0.533. The van der Waals surface area contributed by atoms with Crippen LogP contribution in [0.15, 0.2) is 6.07 Å². The molecule has 104 valence electrons. The lowest BCUT2D eigenvalue weighted by molar-refractivity contribution is -0.137. The quantitative estimate of drug-likeness (QED) is 0.649. The molecule has 0 bridgehead atoms. The number of hydrogen-bond acceptors (Lipinski definition) is 4. The normalized spacial score (nSPS) is 16.9. The van der Waals surface area contributed by atoms with E-state index >= 15 is 0 Å². The molecule has 0 saturated heterocycles. The van der Waals surface area contributed by atoms with Crippen molar-refractivity contribution in [1.29, 1.82) is 0 Å². The molecule has 1 aliphatic heterocycles. The summed E-state index contributed by atoms with van der Waals surface area (Å²) in [6, 6.07) is 1.73. The molecule has 2 N–H and O–H groups in total. The van der Waals surface area contributed by atoms with Crippen molar-refractivity contribution in [3.63, 3.8) is 0 Å². The fourth-order valence-corrected chi connectivity index (χ4v) is 2.83. The van der Waals surface area contributed by atoms with Crippen LogP contribution in [0.25, 0.3) is 0 Å². The van der Waals surface area contributed by atoms with Crippen LogP contribution in [0.3, 0.4) is 0 Å². The molecule has 0 aromatic heterocycles. The molecular formula is C15H20O4. The van der Waals surface area contributed by atoms with Crippen molar-refractivity contribution in [3.05, 3.63) is 22.8 Å².